The molecule has 2 rings (SSSR count). The number of nitrogens with zero attached hydrogens (tertiary/aromatic N) is 2. The molecule has 108 valence electrons. The van der Waals surface area contributed by atoms with E-state index < -0.39 is 5.54 Å². The SMILES string of the molecule is CN1CCC(CN2CCC(=O)NC(C)(C)C2=O)CC1. The minimum absolute atomic E-state index is 0.0239. The van der Waals surface area contributed by atoms with Crippen LogP contribution in [0.4, 0.5) is 0 Å². The summed E-state index contributed by atoms with van der Waals surface area (Å²) in [5, 5.41) is 2.80. The number of likely N-dealkylation sites (tertiary alicyclic amines) is 1. The molecule has 1 N–H and O–H groups in total. The fraction of sp³-hybridized carbons (Fsp3) is 0.857. The van der Waals surface area contributed by atoms with E-state index in [1.165, 1.54) is 0 Å². The van der Waals surface area contributed by atoms with Crippen LogP contribution in [-0.2, 0) is 9.59 Å². The van der Waals surface area contributed by atoms with E-state index in [1.807, 2.05) is 4.90 Å². The molecular formula is C14H25N3O2. The number of carbonyl (C=O) groups is 2. The van der Waals surface area contributed by atoms with Crippen molar-refractivity contribution in [1.82, 2.24) is 15.1 Å². The minimum Gasteiger partial charge on any atom is -0.342 e. The molecular weight excluding hydrogens is 242 g/mol. The maximum absolute atomic E-state index is 12.5. The quantitative estimate of drug-likeness (QED) is 0.790. The van der Waals surface area contributed by atoms with Gasteiger partial charge < -0.3 is 15.1 Å². The van der Waals surface area contributed by atoms with Gasteiger partial charge >= 0.3 is 0 Å². The summed E-state index contributed by atoms with van der Waals surface area (Å²) < 4.78 is 0. The third-order valence-electron chi connectivity index (χ3n) is 4.20. The Morgan fingerprint density at radius 3 is 2.47 bits per heavy atom. The molecule has 5 heteroatoms. The van der Waals surface area contributed by atoms with E-state index >= 15 is 0 Å². The second-order valence-corrected chi connectivity index (χ2v) is 6.42. The van der Waals surface area contributed by atoms with Gasteiger partial charge in [-0.3, -0.25) is 9.59 Å². The van der Waals surface area contributed by atoms with Crippen molar-refractivity contribution >= 4 is 11.8 Å². The van der Waals surface area contributed by atoms with Crippen molar-refractivity contribution in [2.45, 2.75) is 38.6 Å². The average Bonchev–Trinajstić information content (AvgIpc) is 2.43. The molecule has 0 spiro atoms. The zero-order chi connectivity index (χ0) is 14.0. The fourth-order valence-corrected chi connectivity index (χ4v) is 2.93. The number of carbonyl (C=O) groups excluding carboxylic acids is 2. The Labute approximate surface area is 115 Å². The van der Waals surface area contributed by atoms with Gasteiger partial charge in [0.25, 0.3) is 0 Å². The first-order valence-electron chi connectivity index (χ1n) is 7.17. The molecule has 2 aliphatic heterocycles. The monoisotopic (exact) mass is 267 g/mol. The smallest absolute Gasteiger partial charge is 0.247 e. The Morgan fingerprint density at radius 1 is 1.21 bits per heavy atom. The van der Waals surface area contributed by atoms with Crippen molar-refractivity contribution in [2.75, 3.05) is 33.2 Å². The zero-order valence-corrected chi connectivity index (χ0v) is 12.2. The summed E-state index contributed by atoms with van der Waals surface area (Å²) in [4.78, 5) is 28.3. The lowest BCUT2D eigenvalue weighted by atomic mass is 9.95. The number of piperidine rings is 1. The third-order valence-corrected chi connectivity index (χ3v) is 4.20. The predicted molar refractivity (Wildman–Crippen MR) is 73.6 cm³/mol. The second-order valence-electron chi connectivity index (χ2n) is 6.42. The van der Waals surface area contributed by atoms with Gasteiger partial charge in [-0.15, -0.1) is 0 Å². The molecule has 0 aromatic heterocycles. The van der Waals surface area contributed by atoms with Crippen LogP contribution in [0.2, 0.25) is 0 Å². The Balaban J connectivity index is 1.98. The van der Waals surface area contributed by atoms with E-state index in [9.17, 15) is 9.59 Å². The van der Waals surface area contributed by atoms with Gasteiger partial charge in [0.05, 0.1) is 0 Å². The maximum atomic E-state index is 12.5. The van der Waals surface area contributed by atoms with Gasteiger partial charge in [0, 0.05) is 19.5 Å². The topological polar surface area (TPSA) is 52.6 Å². The molecule has 5 nitrogen and oxygen atoms in total. The van der Waals surface area contributed by atoms with E-state index in [4.69, 9.17) is 0 Å². The van der Waals surface area contributed by atoms with Gasteiger partial charge in [0.2, 0.25) is 11.8 Å². The predicted octanol–water partition coefficient (Wildman–Crippen LogP) is 0.455. The van der Waals surface area contributed by atoms with Gasteiger partial charge in [-0.25, -0.2) is 0 Å². The van der Waals surface area contributed by atoms with Crippen LogP contribution in [0.15, 0.2) is 0 Å². The van der Waals surface area contributed by atoms with Gasteiger partial charge in [-0.2, -0.15) is 0 Å². The summed E-state index contributed by atoms with van der Waals surface area (Å²) in [5.74, 6) is 0.602. The van der Waals surface area contributed by atoms with Crippen LogP contribution in [0.25, 0.3) is 0 Å². The number of hydrogen-bond acceptors (Lipinski definition) is 3. The Kier molecular flexibility index (Phi) is 4.13. The van der Waals surface area contributed by atoms with Gasteiger partial charge in [-0.05, 0) is 52.7 Å². The first-order chi connectivity index (χ1) is 8.88. The van der Waals surface area contributed by atoms with Gasteiger partial charge in [-0.1, -0.05) is 0 Å². The molecule has 2 fully saturated rings. The molecule has 0 atom stereocenters. The maximum Gasteiger partial charge on any atom is 0.247 e. The van der Waals surface area contributed by atoms with Crippen molar-refractivity contribution in [1.29, 1.82) is 0 Å². The van der Waals surface area contributed by atoms with Crippen LogP contribution >= 0.6 is 0 Å². The average molecular weight is 267 g/mol. The second kappa shape index (κ2) is 5.49. The number of rotatable bonds is 2. The summed E-state index contributed by atoms with van der Waals surface area (Å²) in [5.41, 5.74) is -0.765. The van der Waals surface area contributed by atoms with Crippen LogP contribution in [0.3, 0.4) is 0 Å². The summed E-state index contributed by atoms with van der Waals surface area (Å²) in [6, 6.07) is 0. The number of amides is 2. The van der Waals surface area contributed by atoms with Crippen molar-refractivity contribution < 1.29 is 9.59 Å². The van der Waals surface area contributed by atoms with Crippen molar-refractivity contribution in [3.05, 3.63) is 0 Å². The Morgan fingerprint density at radius 2 is 1.84 bits per heavy atom. The molecule has 0 aliphatic carbocycles. The van der Waals surface area contributed by atoms with Crippen LogP contribution in [0.1, 0.15) is 33.1 Å². The molecule has 0 radical (unpaired) electrons. The normalized spacial score (nSPS) is 26.2. The summed E-state index contributed by atoms with van der Waals surface area (Å²) in [6.07, 6.45) is 2.70. The summed E-state index contributed by atoms with van der Waals surface area (Å²) in [6.45, 7) is 7.15. The Bertz CT molecular complexity index is 360. The van der Waals surface area contributed by atoms with E-state index in [-0.39, 0.29) is 11.8 Å². The molecule has 0 aromatic carbocycles. The lowest BCUT2D eigenvalue weighted by Gasteiger charge is -2.35. The largest absolute Gasteiger partial charge is 0.342 e. The number of nitrogens with one attached hydrogen (secondary N) is 1. The van der Waals surface area contributed by atoms with Crippen molar-refractivity contribution in [3.63, 3.8) is 0 Å². The van der Waals surface area contributed by atoms with Crippen molar-refractivity contribution in [3.8, 4) is 0 Å². The van der Waals surface area contributed by atoms with Gasteiger partial charge in [0.1, 0.15) is 5.54 Å². The highest BCUT2D eigenvalue weighted by Crippen LogP contribution is 2.20. The zero-order valence-electron chi connectivity index (χ0n) is 12.2. The van der Waals surface area contributed by atoms with Gasteiger partial charge in [0.15, 0.2) is 0 Å². The molecule has 2 aliphatic rings. The molecule has 19 heavy (non-hydrogen) atoms. The first-order valence-corrected chi connectivity index (χ1v) is 7.17. The number of hydrogen-bond donors (Lipinski definition) is 1. The molecule has 0 saturated carbocycles. The molecule has 0 bridgehead atoms. The lowest BCUT2D eigenvalue weighted by molar-refractivity contribution is -0.138. The van der Waals surface area contributed by atoms with Crippen molar-refractivity contribution in [2.24, 2.45) is 5.92 Å². The summed E-state index contributed by atoms with van der Waals surface area (Å²) in [7, 11) is 2.14. The first kappa shape index (κ1) is 14.3. The highest BCUT2D eigenvalue weighted by atomic mass is 16.2. The third kappa shape index (κ3) is 3.47. The van der Waals surface area contributed by atoms with Crippen LogP contribution in [0.5, 0.6) is 0 Å². The van der Waals surface area contributed by atoms with E-state index in [2.05, 4.69) is 17.3 Å². The van der Waals surface area contributed by atoms with Crippen LogP contribution < -0.4 is 5.32 Å². The highest BCUT2D eigenvalue weighted by molar-refractivity contribution is 5.92. The Hall–Kier alpha value is -1.10. The van der Waals surface area contributed by atoms with E-state index in [1.54, 1.807) is 13.8 Å². The molecule has 0 unspecified atom stereocenters. The molecule has 2 amide bonds. The fourth-order valence-electron chi connectivity index (χ4n) is 2.93. The van der Waals surface area contributed by atoms with E-state index in [0.29, 0.717) is 18.9 Å². The van der Waals surface area contributed by atoms with Crippen LogP contribution in [-0.4, -0.2) is 60.4 Å². The molecule has 2 saturated heterocycles. The van der Waals surface area contributed by atoms with E-state index in [0.717, 1.165) is 32.5 Å². The summed E-state index contributed by atoms with van der Waals surface area (Å²) >= 11 is 0. The van der Waals surface area contributed by atoms with Crippen LogP contribution in [0, 0.1) is 5.92 Å². The standard InChI is InChI=1S/C14H25N3O2/c1-14(2)13(19)17(9-6-12(18)15-14)10-11-4-7-16(3)8-5-11/h11H,4-10H2,1-3H3,(H,15,18). The molecule has 0 aromatic rings. The molecule has 2 heterocycles. The lowest BCUT2D eigenvalue weighted by Crippen LogP contribution is -2.53. The minimum atomic E-state index is -0.765. The highest BCUT2D eigenvalue weighted by Gasteiger charge is 2.37.